The number of alkyl halides is 3. The predicted molar refractivity (Wildman–Crippen MR) is 149 cm³/mol. The number of pyridine rings is 1. The Balaban J connectivity index is 0.00000198. The number of likely N-dealkylation sites (tertiary alicyclic amines) is 1. The van der Waals surface area contributed by atoms with Crippen molar-refractivity contribution < 1.29 is 37.4 Å². The van der Waals surface area contributed by atoms with Crippen molar-refractivity contribution in [1.29, 1.82) is 0 Å². The zero-order chi connectivity index (χ0) is 30.8. The number of halogens is 4. The van der Waals surface area contributed by atoms with Crippen LogP contribution < -0.4 is 5.32 Å². The van der Waals surface area contributed by atoms with Gasteiger partial charge in [-0.05, 0) is 67.3 Å². The van der Waals surface area contributed by atoms with E-state index in [1.54, 1.807) is 30.0 Å². The van der Waals surface area contributed by atoms with Crippen molar-refractivity contribution in [2.45, 2.75) is 69.7 Å². The molecule has 2 aliphatic rings. The minimum atomic E-state index is -4.47. The summed E-state index contributed by atoms with van der Waals surface area (Å²) < 4.78 is 54.9. The molecule has 0 aliphatic carbocycles. The standard InChI is InChI=1S/C29H29F4N3O4.C2H6/c1-28(40)15-36(24(14-37)16-2-4-18(5-3-16)29(31,32)33)11-10-22(28)20-6-8-23-21(26(20)30)12-17(13-34-23)19-7-9-25(38)35-27(19)39;1-2/h2-6,8,12-13,19,22,24,37,40H,7,9-11,14-15H2,1H3,(H,35,38,39);1-2H3. The first kappa shape index (κ1) is 31.5. The lowest BCUT2D eigenvalue weighted by atomic mass is 9.76. The molecular weight excluding hydrogens is 554 g/mol. The first-order valence-corrected chi connectivity index (χ1v) is 14.0. The minimum absolute atomic E-state index is 0.0515. The summed E-state index contributed by atoms with van der Waals surface area (Å²) in [5.74, 6) is -2.59. The molecule has 2 amide bonds. The number of hydrogen-bond acceptors (Lipinski definition) is 6. The van der Waals surface area contributed by atoms with Crippen LogP contribution >= 0.6 is 0 Å². The lowest BCUT2D eigenvalue weighted by Crippen LogP contribution is -2.52. The smallest absolute Gasteiger partial charge is 0.394 e. The summed E-state index contributed by atoms with van der Waals surface area (Å²) in [7, 11) is 0. The molecule has 11 heteroatoms. The third kappa shape index (κ3) is 6.33. The highest BCUT2D eigenvalue weighted by Gasteiger charge is 2.42. The van der Waals surface area contributed by atoms with Crippen molar-refractivity contribution in [3.05, 3.63) is 76.7 Å². The number of nitrogens with one attached hydrogen (secondary N) is 1. The molecule has 2 aromatic carbocycles. The maximum atomic E-state index is 16.0. The molecule has 3 aromatic rings. The highest BCUT2D eigenvalue weighted by atomic mass is 19.4. The van der Waals surface area contributed by atoms with E-state index in [-0.39, 0.29) is 36.4 Å². The molecule has 3 heterocycles. The SMILES string of the molecule is CC.CC1(O)CN(C(CO)c2ccc(C(F)(F)F)cc2)CCC1c1ccc2ncc(C3CCC(=O)NC3=O)cc2c1F. The average molecular weight is 590 g/mol. The summed E-state index contributed by atoms with van der Waals surface area (Å²) in [5, 5.41) is 24.1. The van der Waals surface area contributed by atoms with Gasteiger partial charge in [-0.15, -0.1) is 0 Å². The number of hydrogen-bond donors (Lipinski definition) is 3. The molecule has 0 bridgehead atoms. The van der Waals surface area contributed by atoms with Gasteiger partial charge in [0.05, 0.1) is 35.2 Å². The Morgan fingerprint density at radius 2 is 1.81 bits per heavy atom. The number of fused-ring (bicyclic) bond motifs is 1. The van der Waals surface area contributed by atoms with Crippen molar-refractivity contribution in [1.82, 2.24) is 15.2 Å². The van der Waals surface area contributed by atoms with Crippen LogP contribution in [0.1, 0.15) is 80.2 Å². The number of carbonyl (C=O) groups excluding carboxylic acids is 2. The molecule has 2 saturated heterocycles. The summed E-state index contributed by atoms with van der Waals surface area (Å²) in [6.07, 6.45) is -2.16. The van der Waals surface area contributed by atoms with Crippen LogP contribution in [0.5, 0.6) is 0 Å². The van der Waals surface area contributed by atoms with E-state index < -0.39 is 46.9 Å². The van der Waals surface area contributed by atoms with Crippen LogP contribution in [0.25, 0.3) is 10.9 Å². The second-order valence-electron chi connectivity index (χ2n) is 10.8. The second kappa shape index (κ2) is 12.4. The second-order valence-corrected chi connectivity index (χ2v) is 10.8. The maximum absolute atomic E-state index is 16.0. The van der Waals surface area contributed by atoms with Gasteiger partial charge in [0.15, 0.2) is 0 Å². The quantitative estimate of drug-likeness (QED) is 0.279. The third-order valence-corrected chi connectivity index (χ3v) is 8.08. The average Bonchev–Trinajstić information content (AvgIpc) is 2.95. The van der Waals surface area contributed by atoms with Crippen LogP contribution in [-0.4, -0.2) is 57.2 Å². The lowest BCUT2D eigenvalue weighted by molar-refractivity contribution is -0.138. The minimum Gasteiger partial charge on any atom is -0.394 e. The number of piperidine rings is 2. The molecule has 42 heavy (non-hydrogen) atoms. The van der Waals surface area contributed by atoms with Crippen LogP contribution in [-0.2, 0) is 15.8 Å². The highest BCUT2D eigenvalue weighted by Crippen LogP contribution is 2.41. The van der Waals surface area contributed by atoms with Crippen molar-refractivity contribution in [3.63, 3.8) is 0 Å². The van der Waals surface area contributed by atoms with E-state index in [0.29, 0.717) is 36.0 Å². The normalized spacial score (nSPS) is 24.1. The topological polar surface area (TPSA) is 103 Å². The molecule has 7 nitrogen and oxygen atoms in total. The van der Waals surface area contributed by atoms with E-state index in [9.17, 15) is 33.0 Å². The van der Waals surface area contributed by atoms with Crippen LogP contribution in [0.15, 0.2) is 48.7 Å². The van der Waals surface area contributed by atoms with Crippen molar-refractivity contribution in [3.8, 4) is 0 Å². The number of β-amino-alcohol motifs (C(OH)–C–C–N with tert-alkyl or cyclic N) is 1. The van der Waals surface area contributed by atoms with Gasteiger partial charge in [0.1, 0.15) is 5.82 Å². The van der Waals surface area contributed by atoms with Gasteiger partial charge in [-0.2, -0.15) is 13.2 Å². The number of nitrogens with zero attached hydrogens (tertiary/aromatic N) is 2. The number of imide groups is 1. The van der Waals surface area contributed by atoms with Gasteiger partial charge in [0.2, 0.25) is 11.8 Å². The molecule has 0 radical (unpaired) electrons. The Morgan fingerprint density at radius 1 is 1.12 bits per heavy atom. The molecule has 2 fully saturated rings. The number of benzene rings is 2. The number of aromatic nitrogens is 1. The lowest BCUT2D eigenvalue weighted by Gasteiger charge is -2.46. The number of aliphatic hydroxyl groups is 2. The Morgan fingerprint density at radius 3 is 2.40 bits per heavy atom. The molecule has 5 rings (SSSR count). The number of rotatable bonds is 5. The van der Waals surface area contributed by atoms with E-state index in [4.69, 9.17) is 0 Å². The van der Waals surface area contributed by atoms with E-state index in [1.807, 2.05) is 13.8 Å². The Hall–Kier alpha value is -3.41. The van der Waals surface area contributed by atoms with Crippen molar-refractivity contribution in [2.24, 2.45) is 0 Å². The van der Waals surface area contributed by atoms with Gasteiger partial charge in [-0.1, -0.05) is 32.0 Å². The van der Waals surface area contributed by atoms with Crippen molar-refractivity contribution >= 4 is 22.7 Å². The zero-order valence-corrected chi connectivity index (χ0v) is 23.7. The predicted octanol–water partition coefficient (Wildman–Crippen LogP) is 5.21. The van der Waals surface area contributed by atoms with Crippen LogP contribution in [0, 0.1) is 5.82 Å². The van der Waals surface area contributed by atoms with E-state index in [2.05, 4.69) is 10.3 Å². The highest BCUT2D eigenvalue weighted by molar-refractivity contribution is 6.01. The summed E-state index contributed by atoms with van der Waals surface area (Å²) in [6.45, 7) is 5.62. The largest absolute Gasteiger partial charge is 0.416 e. The van der Waals surface area contributed by atoms with Gasteiger partial charge < -0.3 is 10.2 Å². The fourth-order valence-corrected chi connectivity index (χ4v) is 5.96. The van der Waals surface area contributed by atoms with Gasteiger partial charge in [0, 0.05) is 30.5 Å². The van der Waals surface area contributed by atoms with E-state index in [0.717, 1.165) is 12.1 Å². The Kier molecular flexibility index (Phi) is 9.34. The van der Waals surface area contributed by atoms with Gasteiger partial charge in [-0.25, -0.2) is 4.39 Å². The molecule has 226 valence electrons. The van der Waals surface area contributed by atoms with E-state index >= 15 is 4.39 Å². The maximum Gasteiger partial charge on any atom is 0.416 e. The first-order valence-electron chi connectivity index (χ1n) is 14.0. The molecule has 0 spiro atoms. The molecule has 3 N–H and O–H groups in total. The number of aliphatic hydroxyl groups excluding tert-OH is 1. The van der Waals surface area contributed by atoms with Gasteiger partial charge >= 0.3 is 6.18 Å². The monoisotopic (exact) mass is 589 g/mol. The molecule has 4 unspecified atom stereocenters. The van der Waals surface area contributed by atoms with Crippen LogP contribution in [0.4, 0.5) is 17.6 Å². The third-order valence-electron chi connectivity index (χ3n) is 8.08. The van der Waals surface area contributed by atoms with Crippen LogP contribution in [0.3, 0.4) is 0 Å². The van der Waals surface area contributed by atoms with Crippen molar-refractivity contribution in [2.75, 3.05) is 19.7 Å². The summed E-state index contributed by atoms with van der Waals surface area (Å²) in [6, 6.07) is 8.73. The Labute approximate surface area is 241 Å². The molecular formula is C31H35F4N3O4. The van der Waals surface area contributed by atoms with Crippen LogP contribution in [0.2, 0.25) is 0 Å². The fraction of sp³-hybridized carbons (Fsp3) is 0.452. The number of carbonyl (C=O) groups is 2. The summed E-state index contributed by atoms with van der Waals surface area (Å²) in [5.41, 5.74) is -0.570. The van der Waals surface area contributed by atoms with Gasteiger partial charge in [0.25, 0.3) is 0 Å². The summed E-state index contributed by atoms with van der Waals surface area (Å²) in [4.78, 5) is 30.0. The van der Waals surface area contributed by atoms with E-state index in [1.165, 1.54) is 18.3 Å². The summed E-state index contributed by atoms with van der Waals surface area (Å²) >= 11 is 0. The molecule has 0 saturated carbocycles. The number of amides is 2. The Bertz CT molecular complexity index is 1440. The first-order chi connectivity index (χ1) is 19.9. The molecule has 1 aromatic heterocycles. The molecule has 4 atom stereocenters. The fourth-order valence-electron chi connectivity index (χ4n) is 5.96. The van der Waals surface area contributed by atoms with Gasteiger partial charge in [-0.3, -0.25) is 24.8 Å². The molecule has 2 aliphatic heterocycles. The zero-order valence-electron chi connectivity index (χ0n) is 23.7.